The largest absolute Gasteiger partial charge is 0.319 e. The highest BCUT2D eigenvalue weighted by Gasteiger charge is 2.29. The first-order chi connectivity index (χ1) is 5.17. The molecule has 0 aromatic heterocycles. The molecular weight excluding hydrogens is 166 g/mol. The third-order valence-corrected chi connectivity index (χ3v) is 2.11. The Balaban J connectivity index is 2.93. The Labute approximate surface area is 68.6 Å². The topological polar surface area (TPSA) is 0 Å². The van der Waals surface area contributed by atoms with E-state index in [0.717, 1.165) is 0 Å². The van der Waals surface area contributed by atoms with E-state index in [1.807, 2.05) is 0 Å². The Morgan fingerprint density at radius 2 is 1.73 bits per heavy atom. The number of alkyl halides is 2. The fourth-order valence-corrected chi connectivity index (χ4v) is 1.12. The molecule has 0 heterocycles. The summed E-state index contributed by atoms with van der Waals surface area (Å²) < 4.78 is 25.7. The molecular formula is C8H8F2S. The molecule has 11 heavy (non-hydrogen) atoms. The molecule has 0 radical (unpaired) electrons. The van der Waals surface area contributed by atoms with Crippen LogP contribution < -0.4 is 0 Å². The average molecular weight is 174 g/mol. The normalized spacial score (nSPS) is 11.5. The summed E-state index contributed by atoms with van der Waals surface area (Å²) in [6, 6.07) is 7.80. The minimum Gasteiger partial charge on any atom is -0.189 e. The fourth-order valence-electron chi connectivity index (χ4n) is 0.750. The Kier molecular flexibility index (Phi) is 2.49. The standard InChI is InChI=1S/C8H8F2S/c1-11-8(9,10)7-5-3-2-4-6-7/h2-6H,1H3. The van der Waals surface area contributed by atoms with Crippen molar-refractivity contribution in [3.05, 3.63) is 35.9 Å². The van der Waals surface area contributed by atoms with Crippen LogP contribution in [-0.2, 0) is 5.25 Å². The second-order valence-corrected chi connectivity index (χ2v) is 3.01. The van der Waals surface area contributed by atoms with Gasteiger partial charge >= 0.3 is 5.25 Å². The van der Waals surface area contributed by atoms with Crippen molar-refractivity contribution in [2.45, 2.75) is 5.25 Å². The predicted octanol–water partition coefficient (Wildman–Crippen LogP) is 3.10. The lowest BCUT2D eigenvalue weighted by Gasteiger charge is -2.12. The van der Waals surface area contributed by atoms with E-state index in [1.165, 1.54) is 18.4 Å². The molecule has 0 aliphatic carbocycles. The molecule has 0 nitrogen and oxygen atoms in total. The van der Waals surface area contributed by atoms with E-state index >= 15 is 0 Å². The van der Waals surface area contributed by atoms with E-state index in [2.05, 4.69) is 0 Å². The van der Waals surface area contributed by atoms with Gasteiger partial charge in [-0.1, -0.05) is 42.1 Å². The molecule has 0 fully saturated rings. The summed E-state index contributed by atoms with van der Waals surface area (Å²) in [4.78, 5) is 0. The van der Waals surface area contributed by atoms with Crippen LogP contribution in [0.15, 0.2) is 30.3 Å². The first-order valence-corrected chi connectivity index (χ1v) is 4.38. The maximum atomic E-state index is 12.8. The molecule has 0 unspecified atom stereocenters. The van der Waals surface area contributed by atoms with Crippen molar-refractivity contribution < 1.29 is 8.78 Å². The minimum absolute atomic E-state index is 0.0625. The lowest BCUT2D eigenvalue weighted by atomic mass is 10.2. The van der Waals surface area contributed by atoms with Crippen molar-refractivity contribution in [2.75, 3.05) is 6.26 Å². The van der Waals surface area contributed by atoms with Gasteiger partial charge in [0, 0.05) is 5.56 Å². The highest BCUT2D eigenvalue weighted by molar-refractivity contribution is 7.99. The molecule has 0 saturated carbocycles. The summed E-state index contributed by atoms with van der Waals surface area (Å²) in [5, 5.41) is -2.75. The zero-order valence-electron chi connectivity index (χ0n) is 6.05. The third-order valence-electron chi connectivity index (χ3n) is 1.37. The lowest BCUT2D eigenvalue weighted by molar-refractivity contribution is 0.106. The van der Waals surface area contributed by atoms with E-state index in [1.54, 1.807) is 18.2 Å². The highest BCUT2D eigenvalue weighted by atomic mass is 32.2. The van der Waals surface area contributed by atoms with E-state index in [9.17, 15) is 8.78 Å². The van der Waals surface area contributed by atoms with Crippen LogP contribution in [0.2, 0.25) is 0 Å². The number of thioether (sulfide) groups is 1. The molecule has 1 aromatic rings. The van der Waals surface area contributed by atoms with Gasteiger partial charge in [0.25, 0.3) is 0 Å². The Bertz CT molecular complexity index is 221. The smallest absolute Gasteiger partial charge is 0.189 e. The summed E-state index contributed by atoms with van der Waals surface area (Å²) in [6.07, 6.45) is 1.40. The van der Waals surface area contributed by atoms with E-state index < -0.39 is 5.25 Å². The molecule has 0 N–H and O–H groups in total. The van der Waals surface area contributed by atoms with Crippen molar-refractivity contribution in [2.24, 2.45) is 0 Å². The SMILES string of the molecule is CSC(F)(F)c1ccccc1. The second-order valence-electron chi connectivity index (χ2n) is 2.09. The number of hydrogen-bond donors (Lipinski definition) is 0. The van der Waals surface area contributed by atoms with Gasteiger partial charge < -0.3 is 0 Å². The van der Waals surface area contributed by atoms with Crippen LogP contribution in [0.5, 0.6) is 0 Å². The van der Waals surface area contributed by atoms with Gasteiger partial charge in [-0.25, -0.2) is 0 Å². The van der Waals surface area contributed by atoms with Crippen LogP contribution in [0.25, 0.3) is 0 Å². The molecule has 0 bridgehead atoms. The van der Waals surface area contributed by atoms with E-state index in [4.69, 9.17) is 0 Å². The molecule has 0 aliphatic rings. The summed E-state index contributed by atoms with van der Waals surface area (Å²) in [5.74, 6) is 0. The van der Waals surface area contributed by atoms with Gasteiger partial charge in [-0.2, -0.15) is 8.78 Å². The van der Waals surface area contributed by atoms with Gasteiger partial charge in [-0.3, -0.25) is 0 Å². The third kappa shape index (κ3) is 1.93. The number of benzene rings is 1. The molecule has 1 rings (SSSR count). The molecule has 0 atom stereocenters. The van der Waals surface area contributed by atoms with E-state index in [-0.39, 0.29) is 5.56 Å². The summed E-state index contributed by atoms with van der Waals surface area (Å²) in [7, 11) is 0. The van der Waals surface area contributed by atoms with Gasteiger partial charge in [0.1, 0.15) is 0 Å². The fraction of sp³-hybridized carbons (Fsp3) is 0.250. The first kappa shape index (κ1) is 8.53. The summed E-state index contributed by atoms with van der Waals surface area (Å²) in [5.41, 5.74) is 0.0625. The van der Waals surface area contributed by atoms with Gasteiger partial charge in [0.2, 0.25) is 0 Å². The van der Waals surface area contributed by atoms with Crippen molar-refractivity contribution in [3.8, 4) is 0 Å². The predicted molar refractivity (Wildman–Crippen MR) is 43.9 cm³/mol. The van der Waals surface area contributed by atoms with Gasteiger partial charge in [-0.05, 0) is 6.26 Å². The summed E-state index contributed by atoms with van der Waals surface area (Å²) in [6.45, 7) is 0. The van der Waals surface area contributed by atoms with Crippen molar-refractivity contribution >= 4 is 11.8 Å². The maximum absolute atomic E-state index is 12.8. The van der Waals surface area contributed by atoms with Crippen LogP contribution in [0.3, 0.4) is 0 Å². The molecule has 0 aliphatic heterocycles. The van der Waals surface area contributed by atoms with Gasteiger partial charge in [0.05, 0.1) is 0 Å². The highest BCUT2D eigenvalue weighted by Crippen LogP contribution is 2.37. The van der Waals surface area contributed by atoms with Gasteiger partial charge in [-0.15, -0.1) is 0 Å². The van der Waals surface area contributed by atoms with Crippen LogP contribution in [0.1, 0.15) is 5.56 Å². The molecule has 3 heteroatoms. The zero-order chi connectivity index (χ0) is 8.32. The van der Waals surface area contributed by atoms with Crippen LogP contribution in [0, 0.1) is 0 Å². The second kappa shape index (κ2) is 3.22. The molecule has 1 aromatic carbocycles. The molecule has 60 valence electrons. The van der Waals surface area contributed by atoms with Gasteiger partial charge in [0.15, 0.2) is 0 Å². The average Bonchev–Trinajstić information content (AvgIpc) is 2.06. The van der Waals surface area contributed by atoms with E-state index in [0.29, 0.717) is 11.8 Å². The van der Waals surface area contributed by atoms with Crippen LogP contribution in [0.4, 0.5) is 8.78 Å². The van der Waals surface area contributed by atoms with Crippen LogP contribution >= 0.6 is 11.8 Å². The molecule has 0 amide bonds. The Hall–Kier alpha value is -0.570. The number of halogens is 2. The number of hydrogen-bond acceptors (Lipinski definition) is 1. The monoisotopic (exact) mass is 174 g/mol. The first-order valence-electron chi connectivity index (χ1n) is 3.15. The van der Waals surface area contributed by atoms with Crippen molar-refractivity contribution in [3.63, 3.8) is 0 Å². The van der Waals surface area contributed by atoms with Crippen molar-refractivity contribution in [1.29, 1.82) is 0 Å². The Morgan fingerprint density at radius 3 is 2.18 bits per heavy atom. The Morgan fingerprint density at radius 1 is 1.18 bits per heavy atom. The quantitative estimate of drug-likeness (QED) is 0.663. The zero-order valence-corrected chi connectivity index (χ0v) is 6.87. The number of rotatable bonds is 2. The molecule has 0 saturated heterocycles. The van der Waals surface area contributed by atoms with Crippen molar-refractivity contribution in [1.82, 2.24) is 0 Å². The maximum Gasteiger partial charge on any atom is 0.319 e. The molecule has 0 spiro atoms. The van der Waals surface area contributed by atoms with Crippen LogP contribution in [-0.4, -0.2) is 6.26 Å². The summed E-state index contributed by atoms with van der Waals surface area (Å²) >= 11 is 0.547. The lowest BCUT2D eigenvalue weighted by Crippen LogP contribution is -2.05. The minimum atomic E-state index is -2.75.